The summed E-state index contributed by atoms with van der Waals surface area (Å²) < 4.78 is 54.7. The minimum atomic E-state index is -4.77. The van der Waals surface area contributed by atoms with Crippen molar-refractivity contribution in [2.45, 2.75) is 69.2 Å². The van der Waals surface area contributed by atoms with Gasteiger partial charge in [0.15, 0.2) is 0 Å². The van der Waals surface area contributed by atoms with Crippen LogP contribution in [0.1, 0.15) is 44.6 Å². The van der Waals surface area contributed by atoms with Crippen LogP contribution in [0.15, 0.2) is 24.3 Å². The van der Waals surface area contributed by atoms with Crippen LogP contribution < -0.4 is 15.4 Å². The number of ether oxygens (including phenoxy) is 1. The molecule has 0 spiro atoms. The fourth-order valence-electron chi connectivity index (χ4n) is 3.99. The van der Waals surface area contributed by atoms with Crippen LogP contribution in [-0.4, -0.2) is 60.0 Å². The molecule has 7 nitrogen and oxygen atoms in total. The predicted octanol–water partition coefficient (Wildman–Crippen LogP) is 2.78. The van der Waals surface area contributed by atoms with Gasteiger partial charge in [-0.25, -0.2) is 4.39 Å². The van der Waals surface area contributed by atoms with E-state index in [-0.39, 0.29) is 49.5 Å². The van der Waals surface area contributed by atoms with E-state index < -0.39 is 30.0 Å². The van der Waals surface area contributed by atoms with Crippen LogP contribution in [0.2, 0.25) is 0 Å². The molecule has 4 atom stereocenters. The molecule has 0 radical (unpaired) electrons. The molecule has 2 fully saturated rings. The highest BCUT2D eigenvalue weighted by atomic mass is 19.4. The fourth-order valence-corrected chi connectivity index (χ4v) is 3.99. The van der Waals surface area contributed by atoms with Gasteiger partial charge in [0.05, 0.1) is 19.2 Å². The summed E-state index contributed by atoms with van der Waals surface area (Å²) in [6.07, 6.45) is -5.34. The summed E-state index contributed by atoms with van der Waals surface area (Å²) in [6, 6.07) is 6.64. The predicted molar refractivity (Wildman–Crippen MR) is 110 cm³/mol. The van der Waals surface area contributed by atoms with Gasteiger partial charge in [0.25, 0.3) is 0 Å². The zero-order valence-electron chi connectivity index (χ0n) is 18.3. The molecule has 2 amide bonds. The number of rotatable bonds is 8. The van der Waals surface area contributed by atoms with Crippen molar-refractivity contribution < 1.29 is 31.9 Å². The van der Waals surface area contributed by atoms with Crippen LogP contribution >= 0.6 is 0 Å². The van der Waals surface area contributed by atoms with E-state index >= 15 is 0 Å². The first-order chi connectivity index (χ1) is 15.4. The summed E-state index contributed by atoms with van der Waals surface area (Å²) in [5, 5.41) is 14.9. The Hall–Kier alpha value is -2.87. The van der Waals surface area contributed by atoms with Gasteiger partial charge < -0.3 is 20.3 Å². The lowest BCUT2D eigenvalue weighted by atomic mass is 10.00. The Bertz CT molecular complexity index is 931. The Morgan fingerprint density at radius 2 is 2.00 bits per heavy atom. The van der Waals surface area contributed by atoms with E-state index in [0.29, 0.717) is 12.0 Å². The molecule has 1 saturated heterocycles. The third kappa shape index (κ3) is 7.05. The number of amides is 2. The Balaban J connectivity index is 1.46. The molecule has 1 aliphatic heterocycles. The van der Waals surface area contributed by atoms with Gasteiger partial charge >= 0.3 is 6.36 Å². The summed E-state index contributed by atoms with van der Waals surface area (Å²) in [7, 11) is 0. The van der Waals surface area contributed by atoms with Crippen LogP contribution in [0, 0.1) is 11.3 Å². The number of hydrogen-bond acceptors (Lipinski definition) is 5. The van der Waals surface area contributed by atoms with Crippen LogP contribution in [-0.2, 0) is 9.59 Å². The van der Waals surface area contributed by atoms with E-state index in [9.17, 15) is 27.2 Å². The molecule has 1 aromatic carbocycles. The topological polar surface area (TPSA) is 94.5 Å². The number of likely N-dealkylation sites (tertiary alicyclic amines) is 1. The molecule has 1 aromatic rings. The van der Waals surface area contributed by atoms with Gasteiger partial charge in [0.2, 0.25) is 11.8 Å². The number of benzene rings is 1. The second-order valence-electron chi connectivity index (χ2n) is 9.07. The van der Waals surface area contributed by atoms with Crippen molar-refractivity contribution in [1.29, 1.82) is 5.26 Å². The van der Waals surface area contributed by atoms with Crippen molar-refractivity contribution in [2.24, 2.45) is 0 Å². The lowest BCUT2D eigenvalue weighted by Crippen LogP contribution is -2.49. The van der Waals surface area contributed by atoms with Crippen molar-refractivity contribution in [2.75, 3.05) is 13.1 Å². The van der Waals surface area contributed by atoms with Crippen LogP contribution in [0.5, 0.6) is 5.75 Å². The molecule has 1 aliphatic carbocycles. The standard InChI is InChI=1S/C22H26F4N4O3/c1-21(2,28-11-20(32)30-12-14(23)7-15(30)10-27)9-19(31)29-18-8-17(18)13-4-3-5-16(6-13)33-22(24,25)26/h3-6,14-15,17-18,28H,7-9,11-12H2,1-2H3,(H,29,31)/t14-,15-,17+,18-/m0/s1. The van der Waals surface area contributed by atoms with Gasteiger partial charge in [-0.05, 0) is 38.0 Å². The van der Waals surface area contributed by atoms with Gasteiger partial charge in [0.1, 0.15) is 18.0 Å². The van der Waals surface area contributed by atoms with Crippen molar-refractivity contribution in [3.63, 3.8) is 0 Å². The second-order valence-corrected chi connectivity index (χ2v) is 9.07. The molecule has 33 heavy (non-hydrogen) atoms. The number of nitrogens with zero attached hydrogens (tertiary/aromatic N) is 2. The zero-order chi connectivity index (χ0) is 24.4. The Labute approximate surface area is 189 Å². The summed E-state index contributed by atoms with van der Waals surface area (Å²) in [5.41, 5.74) is -0.101. The molecule has 11 heteroatoms. The van der Waals surface area contributed by atoms with E-state index in [1.54, 1.807) is 19.9 Å². The average Bonchev–Trinajstić information content (AvgIpc) is 3.35. The monoisotopic (exact) mass is 470 g/mol. The second kappa shape index (κ2) is 9.55. The van der Waals surface area contributed by atoms with Gasteiger partial charge in [-0.3, -0.25) is 9.59 Å². The normalized spacial score (nSPS) is 24.8. The third-order valence-corrected chi connectivity index (χ3v) is 5.70. The van der Waals surface area contributed by atoms with E-state index in [4.69, 9.17) is 5.26 Å². The van der Waals surface area contributed by atoms with Gasteiger partial charge in [-0.15, -0.1) is 13.2 Å². The number of hydrogen-bond donors (Lipinski definition) is 2. The fraction of sp³-hybridized carbons (Fsp3) is 0.591. The molecular weight excluding hydrogens is 444 g/mol. The summed E-state index contributed by atoms with van der Waals surface area (Å²) in [4.78, 5) is 26.0. The third-order valence-electron chi connectivity index (χ3n) is 5.70. The summed E-state index contributed by atoms with van der Waals surface area (Å²) >= 11 is 0. The number of nitrogens with one attached hydrogen (secondary N) is 2. The molecule has 180 valence electrons. The highest BCUT2D eigenvalue weighted by Crippen LogP contribution is 2.42. The summed E-state index contributed by atoms with van der Waals surface area (Å²) in [6.45, 7) is 3.24. The first kappa shape index (κ1) is 24.8. The van der Waals surface area contributed by atoms with Crippen LogP contribution in [0.25, 0.3) is 0 Å². The molecular formula is C22H26F4N4O3. The molecule has 2 aliphatic rings. The molecule has 0 aromatic heterocycles. The van der Waals surface area contributed by atoms with Crippen molar-refractivity contribution in [3.8, 4) is 11.8 Å². The van der Waals surface area contributed by atoms with E-state index in [0.717, 1.165) is 0 Å². The number of halogens is 4. The van der Waals surface area contributed by atoms with Crippen molar-refractivity contribution in [1.82, 2.24) is 15.5 Å². The van der Waals surface area contributed by atoms with Crippen molar-refractivity contribution >= 4 is 11.8 Å². The molecule has 3 rings (SSSR count). The van der Waals surface area contributed by atoms with E-state index in [2.05, 4.69) is 15.4 Å². The number of nitriles is 1. The first-order valence-electron chi connectivity index (χ1n) is 10.6. The number of carbonyl (C=O) groups excluding carboxylic acids is 2. The SMILES string of the molecule is CC(C)(CC(=O)N[C@H]1C[C@@H]1c1cccc(OC(F)(F)F)c1)NCC(=O)N1C[C@@H](F)C[C@H]1C#N. The molecule has 0 bridgehead atoms. The van der Waals surface area contributed by atoms with E-state index in [1.807, 2.05) is 6.07 Å². The van der Waals surface area contributed by atoms with Gasteiger partial charge in [0, 0.05) is 30.3 Å². The average molecular weight is 470 g/mol. The minimum Gasteiger partial charge on any atom is -0.406 e. The maximum absolute atomic E-state index is 13.5. The molecule has 2 N–H and O–H groups in total. The lowest BCUT2D eigenvalue weighted by molar-refractivity contribution is -0.274. The Kier molecular flexibility index (Phi) is 7.17. The zero-order valence-corrected chi connectivity index (χ0v) is 18.3. The van der Waals surface area contributed by atoms with Crippen LogP contribution in [0.3, 0.4) is 0 Å². The maximum atomic E-state index is 13.5. The first-order valence-corrected chi connectivity index (χ1v) is 10.6. The largest absolute Gasteiger partial charge is 0.573 e. The highest BCUT2D eigenvalue weighted by molar-refractivity contribution is 5.80. The maximum Gasteiger partial charge on any atom is 0.573 e. The van der Waals surface area contributed by atoms with Gasteiger partial charge in [-0.1, -0.05) is 12.1 Å². The number of carbonyl (C=O) groups is 2. The van der Waals surface area contributed by atoms with Crippen molar-refractivity contribution in [3.05, 3.63) is 29.8 Å². The highest BCUT2D eigenvalue weighted by Gasteiger charge is 2.41. The molecule has 0 unspecified atom stereocenters. The molecule has 1 heterocycles. The summed E-state index contributed by atoms with van der Waals surface area (Å²) in [5.74, 6) is -1.08. The minimum absolute atomic E-state index is 0.00182. The Morgan fingerprint density at radius 1 is 1.27 bits per heavy atom. The van der Waals surface area contributed by atoms with Gasteiger partial charge in [-0.2, -0.15) is 5.26 Å². The number of alkyl halides is 4. The lowest BCUT2D eigenvalue weighted by Gasteiger charge is -2.27. The Morgan fingerprint density at radius 3 is 2.67 bits per heavy atom. The van der Waals surface area contributed by atoms with Crippen LogP contribution in [0.4, 0.5) is 17.6 Å². The quantitative estimate of drug-likeness (QED) is 0.570. The van der Waals surface area contributed by atoms with E-state index in [1.165, 1.54) is 23.1 Å². The molecule has 1 saturated carbocycles. The smallest absolute Gasteiger partial charge is 0.406 e.